The summed E-state index contributed by atoms with van der Waals surface area (Å²) in [6, 6.07) is 18.2. The molecule has 8 nitrogen and oxygen atoms in total. The fraction of sp³-hybridized carbons (Fsp3) is 0.250. The predicted octanol–water partition coefficient (Wildman–Crippen LogP) is 4.05. The number of aliphatic hydroxyl groups is 1. The van der Waals surface area contributed by atoms with E-state index in [1.165, 1.54) is 6.07 Å². The SMILES string of the molecule is CC(C)(C)[C@@H](CO)NC(=O)c1ccc(-c2ccccc2OCc2ccc(C(=N)N)cc2)c(C(=O)O)c1. The van der Waals surface area contributed by atoms with Crippen LogP contribution in [0.25, 0.3) is 11.1 Å². The molecule has 3 aromatic rings. The van der Waals surface area contributed by atoms with Gasteiger partial charge in [-0.25, -0.2) is 4.79 Å². The van der Waals surface area contributed by atoms with Crippen molar-refractivity contribution in [1.82, 2.24) is 5.32 Å². The summed E-state index contributed by atoms with van der Waals surface area (Å²) < 4.78 is 6.01. The zero-order valence-electron chi connectivity index (χ0n) is 20.5. The van der Waals surface area contributed by atoms with E-state index in [2.05, 4.69) is 5.32 Å². The average molecular weight is 490 g/mol. The normalized spacial score (nSPS) is 12.0. The number of carbonyl (C=O) groups is 2. The number of nitrogen functional groups attached to an aromatic ring is 1. The van der Waals surface area contributed by atoms with Crippen molar-refractivity contribution in [3.63, 3.8) is 0 Å². The molecule has 0 fully saturated rings. The second-order valence-corrected chi connectivity index (χ2v) is 9.54. The van der Waals surface area contributed by atoms with Crippen molar-refractivity contribution < 1.29 is 24.5 Å². The van der Waals surface area contributed by atoms with Crippen LogP contribution in [0.3, 0.4) is 0 Å². The molecule has 0 radical (unpaired) electrons. The second-order valence-electron chi connectivity index (χ2n) is 9.54. The number of carbonyl (C=O) groups excluding carboxylic acids is 1. The molecule has 3 rings (SSSR count). The summed E-state index contributed by atoms with van der Waals surface area (Å²) in [6.45, 7) is 5.69. The van der Waals surface area contributed by atoms with Crippen LogP contribution in [0.4, 0.5) is 0 Å². The molecule has 3 aromatic carbocycles. The molecule has 0 heterocycles. The van der Waals surface area contributed by atoms with E-state index in [0.717, 1.165) is 5.56 Å². The van der Waals surface area contributed by atoms with E-state index in [9.17, 15) is 19.8 Å². The van der Waals surface area contributed by atoms with Crippen molar-refractivity contribution in [2.45, 2.75) is 33.4 Å². The Kier molecular flexibility index (Phi) is 8.11. The molecule has 0 aliphatic heterocycles. The number of rotatable bonds is 9. The quantitative estimate of drug-likeness (QED) is 0.226. The Balaban J connectivity index is 1.89. The lowest BCUT2D eigenvalue weighted by molar-refractivity contribution is 0.0697. The Labute approximate surface area is 210 Å². The number of aromatic carboxylic acids is 1. The van der Waals surface area contributed by atoms with E-state index >= 15 is 0 Å². The van der Waals surface area contributed by atoms with Crippen molar-refractivity contribution in [2.75, 3.05) is 6.61 Å². The van der Waals surface area contributed by atoms with Crippen molar-refractivity contribution in [2.24, 2.45) is 11.1 Å². The number of amidine groups is 1. The van der Waals surface area contributed by atoms with Crippen LogP contribution >= 0.6 is 0 Å². The molecule has 1 amide bonds. The monoisotopic (exact) mass is 489 g/mol. The third-order valence-electron chi connectivity index (χ3n) is 5.88. The summed E-state index contributed by atoms with van der Waals surface area (Å²) in [5.74, 6) is -1.17. The number of para-hydroxylation sites is 1. The van der Waals surface area contributed by atoms with Crippen LogP contribution in [-0.2, 0) is 6.61 Å². The van der Waals surface area contributed by atoms with Gasteiger partial charge in [-0.1, -0.05) is 69.3 Å². The third kappa shape index (κ3) is 6.28. The van der Waals surface area contributed by atoms with Crippen molar-refractivity contribution in [3.8, 4) is 16.9 Å². The standard InChI is InChI=1S/C28H31N3O5/c1-28(2,3)24(15-32)31-26(33)19-12-13-20(22(14-19)27(34)35)21-6-4-5-7-23(21)36-16-17-8-10-18(11-9-17)25(29)30/h4-14,24,32H,15-16H2,1-3H3,(H3,29,30)(H,31,33)(H,34,35)/t24-/m1/s1. The number of ether oxygens (including phenoxy) is 1. The van der Waals surface area contributed by atoms with Crippen LogP contribution in [0.15, 0.2) is 66.7 Å². The van der Waals surface area contributed by atoms with Gasteiger partial charge in [0.1, 0.15) is 18.2 Å². The molecular formula is C28H31N3O5. The number of aliphatic hydroxyl groups excluding tert-OH is 1. The summed E-state index contributed by atoms with van der Waals surface area (Å²) in [7, 11) is 0. The van der Waals surface area contributed by atoms with Crippen LogP contribution in [0.1, 0.15) is 52.6 Å². The highest BCUT2D eigenvalue weighted by Crippen LogP contribution is 2.33. The van der Waals surface area contributed by atoms with Crippen LogP contribution in [0, 0.1) is 10.8 Å². The molecule has 1 atom stereocenters. The van der Waals surface area contributed by atoms with E-state index in [1.54, 1.807) is 48.5 Å². The summed E-state index contributed by atoms with van der Waals surface area (Å²) in [6.07, 6.45) is 0. The van der Waals surface area contributed by atoms with Crippen molar-refractivity contribution in [3.05, 3.63) is 89.0 Å². The maximum atomic E-state index is 12.8. The minimum Gasteiger partial charge on any atom is -0.488 e. The minimum atomic E-state index is -1.18. The predicted molar refractivity (Wildman–Crippen MR) is 138 cm³/mol. The minimum absolute atomic E-state index is 0.0172. The molecule has 6 N–H and O–H groups in total. The van der Waals surface area contributed by atoms with Crippen LogP contribution in [-0.4, -0.2) is 40.6 Å². The van der Waals surface area contributed by atoms with Gasteiger partial charge in [0.25, 0.3) is 5.91 Å². The van der Waals surface area contributed by atoms with Crippen LogP contribution in [0.2, 0.25) is 0 Å². The summed E-state index contributed by atoms with van der Waals surface area (Å²) in [4.78, 5) is 25.0. The molecule has 0 aliphatic carbocycles. The largest absolute Gasteiger partial charge is 0.488 e. The molecule has 8 heteroatoms. The number of nitrogens with two attached hydrogens (primary N) is 1. The highest BCUT2D eigenvalue weighted by molar-refractivity contribution is 6.02. The van der Waals surface area contributed by atoms with E-state index < -0.39 is 17.9 Å². The van der Waals surface area contributed by atoms with Crippen LogP contribution in [0.5, 0.6) is 5.75 Å². The molecule has 0 aliphatic rings. The number of hydrogen-bond acceptors (Lipinski definition) is 5. The second kappa shape index (κ2) is 11.0. The van der Waals surface area contributed by atoms with E-state index in [0.29, 0.717) is 22.4 Å². The smallest absolute Gasteiger partial charge is 0.336 e. The van der Waals surface area contributed by atoms with Gasteiger partial charge in [-0.3, -0.25) is 10.2 Å². The average Bonchev–Trinajstić information content (AvgIpc) is 2.85. The molecule has 0 aromatic heterocycles. The van der Waals surface area contributed by atoms with Gasteiger partial charge in [-0.15, -0.1) is 0 Å². The molecular weight excluding hydrogens is 458 g/mol. The van der Waals surface area contributed by atoms with Crippen molar-refractivity contribution >= 4 is 17.7 Å². The first-order valence-electron chi connectivity index (χ1n) is 11.5. The maximum absolute atomic E-state index is 12.8. The molecule has 188 valence electrons. The van der Waals surface area contributed by atoms with Gasteiger partial charge in [-0.05, 0) is 34.7 Å². The molecule has 0 saturated heterocycles. The van der Waals surface area contributed by atoms with Gasteiger partial charge in [0.2, 0.25) is 0 Å². The molecule has 0 unspecified atom stereocenters. The van der Waals surface area contributed by atoms with Gasteiger partial charge >= 0.3 is 5.97 Å². The zero-order chi connectivity index (χ0) is 26.5. The first kappa shape index (κ1) is 26.4. The lowest BCUT2D eigenvalue weighted by Gasteiger charge is -2.29. The third-order valence-corrected chi connectivity index (χ3v) is 5.88. The van der Waals surface area contributed by atoms with Gasteiger partial charge in [-0.2, -0.15) is 0 Å². The van der Waals surface area contributed by atoms with Crippen molar-refractivity contribution in [1.29, 1.82) is 5.41 Å². The van der Waals surface area contributed by atoms with Gasteiger partial charge in [0.15, 0.2) is 0 Å². The van der Waals surface area contributed by atoms with Crippen LogP contribution < -0.4 is 15.8 Å². The number of carboxylic acids is 1. The Morgan fingerprint density at radius 2 is 1.64 bits per heavy atom. The number of hydrogen-bond donors (Lipinski definition) is 5. The topological polar surface area (TPSA) is 146 Å². The highest BCUT2D eigenvalue weighted by atomic mass is 16.5. The van der Waals surface area contributed by atoms with E-state index in [1.807, 2.05) is 32.9 Å². The summed E-state index contributed by atoms with van der Waals surface area (Å²) in [5, 5.41) is 29.9. The Morgan fingerprint density at radius 3 is 2.22 bits per heavy atom. The summed E-state index contributed by atoms with van der Waals surface area (Å²) >= 11 is 0. The number of amides is 1. The molecule has 0 saturated carbocycles. The number of benzene rings is 3. The molecule has 0 spiro atoms. The fourth-order valence-electron chi connectivity index (χ4n) is 3.63. The van der Waals surface area contributed by atoms with E-state index in [4.69, 9.17) is 15.9 Å². The maximum Gasteiger partial charge on any atom is 0.336 e. The lowest BCUT2D eigenvalue weighted by atomic mass is 9.87. The number of nitrogens with one attached hydrogen (secondary N) is 2. The Bertz CT molecular complexity index is 1260. The first-order valence-corrected chi connectivity index (χ1v) is 11.5. The van der Waals surface area contributed by atoms with Gasteiger partial charge in [0, 0.05) is 16.7 Å². The number of carboxylic acid groups (broad SMARTS) is 1. The Hall–Kier alpha value is -4.17. The Morgan fingerprint density at radius 1 is 1.00 bits per heavy atom. The summed E-state index contributed by atoms with van der Waals surface area (Å²) in [5.41, 5.74) is 7.73. The molecule has 0 bridgehead atoms. The highest BCUT2D eigenvalue weighted by Gasteiger charge is 2.26. The van der Waals surface area contributed by atoms with Gasteiger partial charge < -0.3 is 26.0 Å². The first-order chi connectivity index (χ1) is 17.0. The lowest BCUT2D eigenvalue weighted by Crippen LogP contribution is -2.46. The van der Waals surface area contributed by atoms with Gasteiger partial charge in [0.05, 0.1) is 18.2 Å². The zero-order valence-corrected chi connectivity index (χ0v) is 20.5. The molecule has 36 heavy (non-hydrogen) atoms. The fourth-order valence-corrected chi connectivity index (χ4v) is 3.63. The van der Waals surface area contributed by atoms with E-state index in [-0.39, 0.29) is 35.6 Å².